The fourth-order valence-electron chi connectivity index (χ4n) is 1.42. The second-order valence-corrected chi connectivity index (χ2v) is 3.62. The van der Waals surface area contributed by atoms with Gasteiger partial charge in [-0.3, -0.25) is 4.84 Å². The number of nitrogens with zero attached hydrogens (tertiary/aromatic N) is 2. The van der Waals surface area contributed by atoms with Crippen LogP contribution in [-0.2, 0) is 16.2 Å². The summed E-state index contributed by atoms with van der Waals surface area (Å²) in [5, 5.41) is 0. The van der Waals surface area contributed by atoms with Crippen molar-refractivity contribution in [1.82, 2.24) is 9.97 Å². The summed E-state index contributed by atoms with van der Waals surface area (Å²) < 4.78 is 4.60. The van der Waals surface area contributed by atoms with Crippen LogP contribution < -0.4 is 5.48 Å². The fraction of sp³-hybridized carbons (Fsp3) is 0.154. The molecule has 0 unspecified atom stereocenters. The van der Waals surface area contributed by atoms with Gasteiger partial charge in [0.05, 0.1) is 13.7 Å². The second kappa shape index (κ2) is 6.46. The first-order valence-corrected chi connectivity index (χ1v) is 5.62. The number of aromatic nitrogens is 2. The van der Waals surface area contributed by atoms with Gasteiger partial charge in [-0.25, -0.2) is 20.2 Å². The van der Waals surface area contributed by atoms with Gasteiger partial charge in [-0.2, -0.15) is 0 Å². The van der Waals surface area contributed by atoms with Crippen molar-refractivity contribution >= 4 is 11.8 Å². The van der Waals surface area contributed by atoms with E-state index in [1.807, 2.05) is 30.3 Å². The fourth-order valence-corrected chi connectivity index (χ4v) is 1.42. The third kappa shape index (κ3) is 3.49. The van der Waals surface area contributed by atoms with Crippen molar-refractivity contribution < 1.29 is 14.4 Å². The van der Waals surface area contributed by atoms with E-state index in [-0.39, 0.29) is 11.5 Å². The minimum Gasteiger partial charge on any atom is -0.464 e. The van der Waals surface area contributed by atoms with Gasteiger partial charge in [0.15, 0.2) is 11.5 Å². The van der Waals surface area contributed by atoms with E-state index < -0.39 is 5.97 Å². The highest BCUT2D eigenvalue weighted by atomic mass is 16.6. The van der Waals surface area contributed by atoms with Crippen LogP contribution in [0.25, 0.3) is 0 Å². The van der Waals surface area contributed by atoms with Gasteiger partial charge in [-0.15, -0.1) is 0 Å². The van der Waals surface area contributed by atoms with Crippen molar-refractivity contribution in [1.29, 1.82) is 0 Å². The Morgan fingerprint density at radius 2 is 1.95 bits per heavy atom. The first-order chi connectivity index (χ1) is 9.31. The number of anilines is 1. The molecule has 6 heteroatoms. The van der Waals surface area contributed by atoms with Gasteiger partial charge in [-0.05, 0) is 5.56 Å². The molecule has 0 radical (unpaired) electrons. The largest absolute Gasteiger partial charge is 0.464 e. The standard InChI is InChI=1S/C13H13N3O3/c1-18-13(17)11-12(15-8-7-14-11)16-19-9-10-5-3-2-4-6-10/h2-8H,9H2,1H3,(H,15,16). The SMILES string of the molecule is COC(=O)c1nccnc1NOCc1ccccc1. The number of esters is 1. The van der Waals surface area contributed by atoms with Gasteiger partial charge in [0.25, 0.3) is 0 Å². The lowest BCUT2D eigenvalue weighted by atomic mass is 10.2. The molecule has 1 N–H and O–H groups in total. The lowest BCUT2D eigenvalue weighted by molar-refractivity contribution is 0.0592. The average molecular weight is 259 g/mol. The maximum atomic E-state index is 11.4. The van der Waals surface area contributed by atoms with Gasteiger partial charge in [-0.1, -0.05) is 30.3 Å². The highest BCUT2D eigenvalue weighted by Crippen LogP contribution is 2.10. The molecule has 0 fully saturated rings. The van der Waals surface area contributed by atoms with Crippen LogP contribution in [0.4, 0.5) is 5.82 Å². The normalized spacial score (nSPS) is 9.95. The summed E-state index contributed by atoms with van der Waals surface area (Å²) in [5.41, 5.74) is 3.68. The first-order valence-electron chi connectivity index (χ1n) is 5.62. The molecule has 0 atom stereocenters. The number of nitrogens with one attached hydrogen (secondary N) is 1. The summed E-state index contributed by atoms with van der Waals surface area (Å²) in [7, 11) is 1.28. The van der Waals surface area contributed by atoms with E-state index in [2.05, 4.69) is 20.2 Å². The highest BCUT2D eigenvalue weighted by Gasteiger charge is 2.14. The first kappa shape index (κ1) is 13.0. The van der Waals surface area contributed by atoms with Crippen molar-refractivity contribution in [2.75, 3.05) is 12.6 Å². The van der Waals surface area contributed by atoms with Crippen molar-refractivity contribution in [2.24, 2.45) is 0 Å². The van der Waals surface area contributed by atoms with Gasteiger partial charge < -0.3 is 4.74 Å². The monoisotopic (exact) mass is 259 g/mol. The molecule has 6 nitrogen and oxygen atoms in total. The van der Waals surface area contributed by atoms with Gasteiger partial charge in [0.1, 0.15) is 0 Å². The van der Waals surface area contributed by atoms with Crippen LogP contribution in [0, 0.1) is 0 Å². The summed E-state index contributed by atoms with van der Waals surface area (Å²) >= 11 is 0. The molecule has 1 heterocycles. The van der Waals surface area contributed by atoms with E-state index in [1.54, 1.807) is 0 Å². The molecule has 2 rings (SSSR count). The summed E-state index contributed by atoms with van der Waals surface area (Å²) in [6, 6.07) is 9.62. The summed E-state index contributed by atoms with van der Waals surface area (Å²) in [5.74, 6) is -0.343. The topological polar surface area (TPSA) is 73.3 Å². The maximum Gasteiger partial charge on any atom is 0.360 e. The molecule has 19 heavy (non-hydrogen) atoms. The number of carbonyl (C=O) groups excluding carboxylic acids is 1. The predicted molar refractivity (Wildman–Crippen MR) is 68.2 cm³/mol. The Labute approximate surface area is 110 Å². The zero-order valence-corrected chi connectivity index (χ0v) is 10.4. The average Bonchev–Trinajstić information content (AvgIpc) is 2.48. The number of rotatable bonds is 5. The third-order valence-electron chi connectivity index (χ3n) is 2.33. The number of methoxy groups -OCH3 is 1. The molecule has 1 aromatic carbocycles. The minimum absolute atomic E-state index is 0.0815. The van der Waals surface area contributed by atoms with E-state index in [4.69, 9.17) is 4.84 Å². The zero-order chi connectivity index (χ0) is 13.5. The number of hydrogen-bond donors (Lipinski definition) is 1. The lowest BCUT2D eigenvalue weighted by Crippen LogP contribution is -2.12. The quantitative estimate of drug-likeness (QED) is 0.652. The van der Waals surface area contributed by atoms with Crippen molar-refractivity contribution in [3.05, 3.63) is 54.0 Å². The van der Waals surface area contributed by atoms with Crippen LogP contribution in [0.15, 0.2) is 42.7 Å². The molecule has 2 aromatic rings. The molecule has 98 valence electrons. The van der Waals surface area contributed by atoms with Crippen LogP contribution in [0.3, 0.4) is 0 Å². The molecular formula is C13H13N3O3. The van der Waals surface area contributed by atoms with Gasteiger partial charge in [0.2, 0.25) is 0 Å². The lowest BCUT2D eigenvalue weighted by Gasteiger charge is -2.08. The minimum atomic E-state index is -0.570. The summed E-state index contributed by atoms with van der Waals surface area (Å²) in [6.07, 6.45) is 2.87. The number of benzene rings is 1. The summed E-state index contributed by atoms with van der Waals surface area (Å²) in [4.78, 5) is 24.6. The number of hydrogen-bond acceptors (Lipinski definition) is 6. The van der Waals surface area contributed by atoms with E-state index >= 15 is 0 Å². The highest BCUT2D eigenvalue weighted by molar-refractivity contribution is 5.91. The molecule has 0 saturated heterocycles. The van der Waals surface area contributed by atoms with Crippen LogP contribution in [-0.4, -0.2) is 23.0 Å². The third-order valence-corrected chi connectivity index (χ3v) is 2.33. The Morgan fingerprint density at radius 1 is 1.21 bits per heavy atom. The Kier molecular flexibility index (Phi) is 4.41. The Hall–Kier alpha value is -2.47. The van der Waals surface area contributed by atoms with E-state index in [1.165, 1.54) is 19.5 Å². The van der Waals surface area contributed by atoms with Crippen LogP contribution in [0.5, 0.6) is 0 Å². The molecule has 0 aliphatic heterocycles. The molecule has 0 spiro atoms. The Bertz CT molecular complexity index is 546. The van der Waals surface area contributed by atoms with E-state index in [0.717, 1.165) is 5.56 Å². The van der Waals surface area contributed by atoms with Gasteiger partial charge in [0, 0.05) is 12.4 Å². The molecule has 0 aliphatic rings. The second-order valence-electron chi connectivity index (χ2n) is 3.62. The van der Waals surface area contributed by atoms with Crippen molar-refractivity contribution in [3.63, 3.8) is 0 Å². The van der Waals surface area contributed by atoms with E-state index in [0.29, 0.717) is 6.61 Å². The molecular weight excluding hydrogens is 246 g/mol. The molecule has 0 aliphatic carbocycles. The molecule has 1 aromatic heterocycles. The van der Waals surface area contributed by atoms with Crippen molar-refractivity contribution in [2.45, 2.75) is 6.61 Å². The Morgan fingerprint density at radius 3 is 2.68 bits per heavy atom. The van der Waals surface area contributed by atoms with Crippen LogP contribution in [0.1, 0.15) is 16.1 Å². The number of carbonyl (C=O) groups is 1. The number of ether oxygens (including phenoxy) is 1. The van der Waals surface area contributed by atoms with Crippen LogP contribution >= 0.6 is 0 Å². The predicted octanol–water partition coefficient (Wildman–Crippen LogP) is 1.81. The van der Waals surface area contributed by atoms with Crippen LogP contribution in [0.2, 0.25) is 0 Å². The van der Waals surface area contributed by atoms with Crippen molar-refractivity contribution in [3.8, 4) is 0 Å². The Balaban J connectivity index is 1.98. The summed E-state index contributed by atoms with van der Waals surface area (Å²) in [6.45, 7) is 0.345. The van der Waals surface area contributed by atoms with E-state index in [9.17, 15) is 4.79 Å². The maximum absolute atomic E-state index is 11.4. The molecule has 0 amide bonds. The zero-order valence-electron chi connectivity index (χ0n) is 10.4. The smallest absolute Gasteiger partial charge is 0.360 e. The molecule has 0 bridgehead atoms. The van der Waals surface area contributed by atoms with Gasteiger partial charge >= 0.3 is 5.97 Å². The molecule has 0 saturated carbocycles.